The molecule has 1 heterocycles. The molecule has 4 bridgehead atoms. The lowest BCUT2D eigenvalue weighted by Crippen LogP contribution is -2.60. The first-order chi connectivity index (χ1) is 10.6. The van der Waals surface area contributed by atoms with Crippen molar-refractivity contribution in [2.75, 3.05) is 11.4 Å². The average Bonchev–Trinajstić information content (AvgIpc) is 2.87. The highest BCUT2D eigenvalue weighted by molar-refractivity contribution is 5.99. The van der Waals surface area contributed by atoms with Gasteiger partial charge in [0.1, 0.15) is 0 Å². The lowest BCUT2D eigenvalue weighted by molar-refractivity contribution is -0.176. The fourth-order valence-electron chi connectivity index (χ4n) is 6.30. The molecule has 1 aromatic carbocycles. The number of hydrogen-bond donors (Lipinski definition) is 1. The van der Waals surface area contributed by atoms with Crippen molar-refractivity contribution in [2.45, 2.75) is 50.5 Å². The lowest BCUT2D eigenvalue weighted by Gasteiger charge is -2.59. The molecule has 1 aromatic rings. The molecule has 3 heteroatoms. The monoisotopic (exact) mass is 297 g/mol. The Morgan fingerprint density at radius 3 is 2.59 bits per heavy atom. The Morgan fingerprint density at radius 2 is 1.86 bits per heavy atom. The normalized spacial score (nSPS) is 41.8. The molecule has 0 saturated heterocycles. The van der Waals surface area contributed by atoms with Gasteiger partial charge in [0.25, 0.3) is 0 Å². The minimum Gasteiger partial charge on any atom is -0.390 e. The standard InChI is InChI=1S/C19H23NO2/c21-17(20-6-5-15-3-1-2-4-16(15)20)18-8-13-7-14(9-18)11-19(22,10-13)12-18/h1-4,13-14,22H,5-12H2. The van der Waals surface area contributed by atoms with E-state index < -0.39 is 5.60 Å². The smallest absolute Gasteiger partial charge is 0.233 e. The van der Waals surface area contributed by atoms with Crippen molar-refractivity contribution in [3.8, 4) is 0 Å². The van der Waals surface area contributed by atoms with E-state index in [4.69, 9.17) is 0 Å². The van der Waals surface area contributed by atoms with Crippen molar-refractivity contribution >= 4 is 11.6 Å². The van der Waals surface area contributed by atoms with Gasteiger partial charge < -0.3 is 10.0 Å². The van der Waals surface area contributed by atoms with Crippen LogP contribution in [0, 0.1) is 17.3 Å². The maximum Gasteiger partial charge on any atom is 0.233 e. The zero-order valence-corrected chi connectivity index (χ0v) is 12.9. The number of benzene rings is 1. The maximum atomic E-state index is 13.4. The molecule has 1 N–H and O–H groups in total. The van der Waals surface area contributed by atoms with Gasteiger partial charge in [0.2, 0.25) is 5.91 Å². The lowest BCUT2D eigenvalue weighted by atomic mass is 9.47. The quantitative estimate of drug-likeness (QED) is 0.866. The van der Waals surface area contributed by atoms with Gasteiger partial charge >= 0.3 is 0 Å². The van der Waals surface area contributed by atoms with Gasteiger partial charge in [-0.25, -0.2) is 0 Å². The highest BCUT2D eigenvalue weighted by Gasteiger charge is 2.61. The van der Waals surface area contributed by atoms with Gasteiger partial charge in [0.15, 0.2) is 0 Å². The van der Waals surface area contributed by atoms with Crippen molar-refractivity contribution in [2.24, 2.45) is 17.3 Å². The van der Waals surface area contributed by atoms with Crippen LogP contribution in [0.3, 0.4) is 0 Å². The number of amides is 1. The van der Waals surface area contributed by atoms with Crippen molar-refractivity contribution in [3.05, 3.63) is 29.8 Å². The minimum atomic E-state index is -0.557. The van der Waals surface area contributed by atoms with E-state index in [-0.39, 0.29) is 5.41 Å². The third-order valence-corrected chi connectivity index (χ3v) is 6.62. The van der Waals surface area contributed by atoms with E-state index in [2.05, 4.69) is 18.2 Å². The number of carbonyl (C=O) groups excluding carboxylic acids is 1. The molecule has 2 atom stereocenters. The Kier molecular flexibility index (Phi) is 2.47. The Morgan fingerprint density at radius 1 is 1.14 bits per heavy atom. The number of rotatable bonds is 1. The molecule has 6 rings (SSSR count). The molecule has 22 heavy (non-hydrogen) atoms. The fourth-order valence-corrected chi connectivity index (χ4v) is 6.30. The van der Waals surface area contributed by atoms with Crippen molar-refractivity contribution in [1.29, 1.82) is 0 Å². The summed E-state index contributed by atoms with van der Waals surface area (Å²) in [6, 6.07) is 8.29. The molecule has 3 nitrogen and oxygen atoms in total. The maximum absolute atomic E-state index is 13.4. The van der Waals surface area contributed by atoms with Crippen LogP contribution in [0.15, 0.2) is 24.3 Å². The summed E-state index contributed by atoms with van der Waals surface area (Å²) in [6.07, 6.45) is 6.75. The number of nitrogens with zero attached hydrogens (tertiary/aromatic N) is 1. The van der Waals surface area contributed by atoms with Crippen LogP contribution >= 0.6 is 0 Å². The van der Waals surface area contributed by atoms with Crippen LogP contribution in [0.1, 0.15) is 44.1 Å². The van der Waals surface area contributed by atoms with E-state index in [1.54, 1.807) is 0 Å². The molecule has 0 spiro atoms. The molecule has 2 unspecified atom stereocenters. The number of aliphatic hydroxyl groups is 1. The topological polar surface area (TPSA) is 40.5 Å². The first-order valence-electron chi connectivity index (χ1n) is 8.69. The van der Waals surface area contributed by atoms with Crippen molar-refractivity contribution in [1.82, 2.24) is 0 Å². The number of fused-ring (bicyclic) bond motifs is 1. The van der Waals surface area contributed by atoms with Crippen LogP contribution in [0.4, 0.5) is 5.69 Å². The Labute approximate surface area is 131 Å². The van der Waals surface area contributed by atoms with Gasteiger partial charge in [-0.3, -0.25) is 4.79 Å². The van der Waals surface area contributed by atoms with E-state index in [0.717, 1.165) is 44.3 Å². The molecule has 4 saturated carbocycles. The van der Waals surface area contributed by atoms with Gasteiger partial charge in [0, 0.05) is 12.2 Å². The molecular formula is C19H23NO2. The zero-order valence-electron chi connectivity index (χ0n) is 12.9. The van der Waals surface area contributed by atoms with E-state index in [1.165, 1.54) is 12.0 Å². The second-order valence-corrected chi connectivity index (χ2v) is 8.30. The number of anilines is 1. The number of hydrogen-bond acceptors (Lipinski definition) is 2. The minimum absolute atomic E-state index is 0.281. The van der Waals surface area contributed by atoms with Crippen LogP contribution in [0.5, 0.6) is 0 Å². The molecule has 4 aliphatic carbocycles. The van der Waals surface area contributed by atoms with Gasteiger partial charge in [0.05, 0.1) is 11.0 Å². The molecule has 1 aliphatic heterocycles. The second-order valence-electron chi connectivity index (χ2n) is 8.30. The predicted octanol–water partition coefficient (Wildman–Crippen LogP) is 2.91. The molecule has 0 aromatic heterocycles. The van der Waals surface area contributed by atoms with Crippen LogP contribution in [0.2, 0.25) is 0 Å². The number of carbonyl (C=O) groups is 1. The highest BCUT2D eigenvalue weighted by atomic mass is 16.3. The SMILES string of the molecule is O=C(N1CCc2ccccc21)C12CC3CC(CC(O)(C3)C1)C2. The van der Waals surface area contributed by atoms with Gasteiger partial charge in [-0.15, -0.1) is 0 Å². The molecule has 0 radical (unpaired) electrons. The summed E-state index contributed by atoms with van der Waals surface area (Å²) in [5.41, 5.74) is 1.56. The van der Waals surface area contributed by atoms with Crippen LogP contribution in [-0.4, -0.2) is 23.2 Å². The Balaban J connectivity index is 1.51. The van der Waals surface area contributed by atoms with E-state index in [0.29, 0.717) is 24.2 Å². The summed E-state index contributed by atoms with van der Waals surface area (Å²) in [5, 5.41) is 10.9. The van der Waals surface area contributed by atoms with E-state index >= 15 is 0 Å². The third-order valence-electron chi connectivity index (χ3n) is 6.62. The summed E-state index contributed by atoms with van der Waals surface area (Å²) >= 11 is 0. The van der Waals surface area contributed by atoms with Crippen LogP contribution in [-0.2, 0) is 11.2 Å². The summed E-state index contributed by atoms with van der Waals surface area (Å²) < 4.78 is 0. The largest absolute Gasteiger partial charge is 0.390 e. The fraction of sp³-hybridized carbons (Fsp3) is 0.632. The third kappa shape index (κ3) is 1.69. The molecule has 116 valence electrons. The zero-order chi connectivity index (χ0) is 14.9. The summed E-state index contributed by atoms with van der Waals surface area (Å²) in [4.78, 5) is 15.4. The van der Waals surface area contributed by atoms with Crippen molar-refractivity contribution in [3.63, 3.8) is 0 Å². The predicted molar refractivity (Wildman–Crippen MR) is 84.6 cm³/mol. The second kappa shape index (κ2) is 4.14. The Hall–Kier alpha value is -1.35. The van der Waals surface area contributed by atoms with Crippen LogP contribution < -0.4 is 4.90 Å². The molecule has 4 fully saturated rings. The summed E-state index contributed by atoms with van der Waals surface area (Å²) in [5.74, 6) is 1.42. The van der Waals surface area contributed by atoms with Crippen LogP contribution in [0.25, 0.3) is 0 Å². The van der Waals surface area contributed by atoms with E-state index in [9.17, 15) is 9.90 Å². The summed E-state index contributed by atoms with van der Waals surface area (Å²) in [6.45, 7) is 0.813. The van der Waals surface area contributed by atoms with Crippen molar-refractivity contribution < 1.29 is 9.90 Å². The Bertz CT molecular complexity index is 639. The first kappa shape index (κ1) is 13.1. The highest BCUT2D eigenvalue weighted by Crippen LogP contribution is 2.62. The molecule has 1 amide bonds. The first-order valence-corrected chi connectivity index (χ1v) is 8.69. The van der Waals surface area contributed by atoms with E-state index in [1.807, 2.05) is 11.0 Å². The number of para-hydroxylation sites is 1. The average molecular weight is 297 g/mol. The van der Waals surface area contributed by atoms with Gasteiger partial charge in [-0.05, 0) is 68.4 Å². The van der Waals surface area contributed by atoms with Gasteiger partial charge in [-0.1, -0.05) is 18.2 Å². The molecule has 5 aliphatic rings. The summed E-state index contributed by atoms with van der Waals surface area (Å²) in [7, 11) is 0. The molecular weight excluding hydrogens is 274 g/mol. The van der Waals surface area contributed by atoms with Gasteiger partial charge in [-0.2, -0.15) is 0 Å².